The molecule has 1 amide bonds. The van der Waals surface area contributed by atoms with Crippen LogP contribution in [0.15, 0.2) is 30.3 Å². The zero-order chi connectivity index (χ0) is 15.0. The van der Waals surface area contributed by atoms with E-state index in [4.69, 9.17) is 4.74 Å². The Morgan fingerprint density at radius 2 is 1.90 bits per heavy atom. The van der Waals surface area contributed by atoms with Crippen molar-refractivity contribution in [2.75, 3.05) is 20.2 Å². The van der Waals surface area contributed by atoms with E-state index >= 15 is 0 Å². The summed E-state index contributed by atoms with van der Waals surface area (Å²) in [5.41, 5.74) is 0.718. The Kier molecular flexibility index (Phi) is 6.73. The van der Waals surface area contributed by atoms with Gasteiger partial charge in [-0.15, -0.1) is 0 Å². The molecule has 110 valence electrons. The molecule has 20 heavy (non-hydrogen) atoms. The number of ether oxygens (including phenoxy) is 1. The summed E-state index contributed by atoms with van der Waals surface area (Å²) in [6, 6.07) is 8.34. The van der Waals surface area contributed by atoms with Gasteiger partial charge in [0.1, 0.15) is 0 Å². The third kappa shape index (κ3) is 4.66. The molecular weight excluding hydrogens is 256 g/mol. The Bertz CT molecular complexity index is 434. The summed E-state index contributed by atoms with van der Waals surface area (Å²) in [5.74, 6) is -0.842. The third-order valence-electron chi connectivity index (χ3n) is 2.90. The van der Waals surface area contributed by atoms with Crippen LogP contribution in [0.4, 0.5) is 0 Å². The van der Waals surface area contributed by atoms with E-state index < -0.39 is 12.0 Å². The highest BCUT2D eigenvalue weighted by Gasteiger charge is 2.25. The molecule has 0 spiro atoms. The Labute approximate surface area is 119 Å². The topological polar surface area (TPSA) is 67.4 Å². The number of rotatable bonds is 7. The van der Waals surface area contributed by atoms with Gasteiger partial charge in [-0.1, -0.05) is 37.3 Å². The van der Waals surface area contributed by atoms with Crippen molar-refractivity contribution in [3.05, 3.63) is 35.9 Å². The number of carbonyl (C=O) groups is 2. The lowest BCUT2D eigenvalue weighted by molar-refractivity contribution is -0.148. The summed E-state index contributed by atoms with van der Waals surface area (Å²) in [7, 11) is 1.78. The molecule has 0 bridgehead atoms. The van der Waals surface area contributed by atoms with Crippen molar-refractivity contribution in [1.82, 2.24) is 10.6 Å². The van der Waals surface area contributed by atoms with Crippen molar-refractivity contribution >= 4 is 11.9 Å². The zero-order valence-corrected chi connectivity index (χ0v) is 12.2. The second kappa shape index (κ2) is 8.32. The van der Waals surface area contributed by atoms with Crippen LogP contribution in [0, 0.1) is 5.92 Å². The van der Waals surface area contributed by atoms with Crippen LogP contribution in [0.1, 0.15) is 25.5 Å². The molecule has 0 saturated carbocycles. The van der Waals surface area contributed by atoms with Gasteiger partial charge in [0, 0.05) is 12.5 Å². The maximum atomic E-state index is 12.1. The van der Waals surface area contributed by atoms with Crippen LogP contribution < -0.4 is 10.6 Å². The van der Waals surface area contributed by atoms with Crippen LogP contribution in [0.5, 0.6) is 0 Å². The van der Waals surface area contributed by atoms with Gasteiger partial charge in [0.05, 0.1) is 6.61 Å². The van der Waals surface area contributed by atoms with Crippen LogP contribution in [-0.2, 0) is 14.3 Å². The van der Waals surface area contributed by atoms with Crippen LogP contribution in [0.3, 0.4) is 0 Å². The van der Waals surface area contributed by atoms with E-state index in [1.165, 1.54) is 0 Å². The average Bonchev–Trinajstić information content (AvgIpc) is 2.45. The molecular formula is C15H22N2O3. The highest BCUT2D eigenvalue weighted by molar-refractivity contribution is 5.86. The van der Waals surface area contributed by atoms with E-state index in [0.717, 1.165) is 5.56 Å². The maximum Gasteiger partial charge on any atom is 0.333 e. The van der Waals surface area contributed by atoms with E-state index in [-0.39, 0.29) is 18.4 Å². The third-order valence-corrected chi connectivity index (χ3v) is 2.90. The average molecular weight is 278 g/mol. The number of amides is 1. The SMILES string of the molecule is CCOC(=O)[C@H](NC(=O)C(C)CNC)c1ccccc1. The minimum Gasteiger partial charge on any atom is -0.464 e. The lowest BCUT2D eigenvalue weighted by atomic mass is 10.1. The van der Waals surface area contributed by atoms with Gasteiger partial charge in [-0.05, 0) is 19.5 Å². The summed E-state index contributed by atoms with van der Waals surface area (Å²) in [6.45, 7) is 4.38. The van der Waals surface area contributed by atoms with Crippen molar-refractivity contribution in [2.24, 2.45) is 5.92 Å². The standard InChI is InChI=1S/C15H22N2O3/c1-4-20-15(19)13(12-8-6-5-7-9-12)17-14(18)11(2)10-16-3/h5-9,11,13,16H,4,10H2,1-3H3,(H,17,18)/t11?,13-/m1/s1. The van der Waals surface area contributed by atoms with Crippen molar-refractivity contribution in [2.45, 2.75) is 19.9 Å². The number of esters is 1. The molecule has 0 aromatic heterocycles. The van der Waals surface area contributed by atoms with Crippen LogP contribution in [0.2, 0.25) is 0 Å². The van der Waals surface area contributed by atoms with Gasteiger partial charge in [0.25, 0.3) is 0 Å². The van der Waals surface area contributed by atoms with E-state index in [1.807, 2.05) is 18.2 Å². The van der Waals surface area contributed by atoms with E-state index in [1.54, 1.807) is 33.0 Å². The van der Waals surface area contributed by atoms with Gasteiger partial charge < -0.3 is 15.4 Å². The normalized spacial score (nSPS) is 13.3. The highest BCUT2D eigenvalue weighted by atomic mass is 16.5. The van der Waals surface area contributed by atoms with E-state index in [9.17, 15) is 9.59 Å². The Morgan fingerprint density at radius 1 is 1.25 bits per heavy atom. The Morgan fingerprint density at radius 3 is 2.45 bits per heavy atom. The van der Waals surface area contributed by atoms with Crippen molar-refractivity contribution in [1.29, 1.82) is 0 Å². The Hall–Kier alpha value is -1.88. The number of nitrogens with one attached hydrogen (secondary N) is 2. The lowest BCUT2D eigenvalue weighted by Gasteiger charge is -2.20. The Balaban J connectivity index is 2.84. The van der Waals surface area contributed by atoms with Crippen molar-refractivity contribution in [3.8, 4) is 0 Å². The molecule has 0 aliphatic carbocycles. The minimum atomic E-state index is -0.761. The molecule has 1 unspecified atom stereocenters. The van der Waals surface area contributed by atoms with Crippen LogP contribution in [-0.4, -0.2) is 32.1 Å². The molecule has 1 aromatic rings. The van der Waals surface area contributed by atoms with Crippen LogP contribution >= 0.6 is 0 Å². The molecule has 2 N–H and O–H groups in total. The van der Waals surface area contributed by atoms with Crippen molar-refractivity contribution < 1.29 is 14.3 Å². The number of carbonyl (C=O) groups excluding carboxylic acids is 2. The predicted molar refractivity (Wildman–Crippen MR) is 77.0 cm³/mol. The monoisotopic (exact) mass is 278 g/mol. The lowest BCUT2D eigenvalue weighted by Crippen LogP contribution is -2.40. The first-order valence-corrected chi connectivity index (χ1v) is 6.76. The summed E-state index contributed by atoms with van der Waals surface area (Å²) in [5, 5.41) is 5.69. The smallest absolute Gasteiger partial charge is 0.333 e. The van der Waals surface area contributed by atoms with Gasteiger partial charge >= 0.3 is 5.97 Å². The van der Waals surface area contributed by atoms with E-state index in [0.29, 0.717) is 6.54 Å². The molecule has 0 fully saturated rings. The molecule has 0 aliphatic heterocycles. The number of hydrogen-bond acceptors (Lipinski definition) is 4. The molecule has 0 saturated heterocycles. The van der Waals surface area contributed by atoms with Crippen LogP contribution in [0.25, 0.3) is 0 Å². The molecule has 0 aliphatic rings. The summed E-state index contributed by atoms with van der Waals surface area (Å²) < 4.78 is 5.03. The maximum absolute atomic E-state index is 12.1. The second-order valence-corrected chi connectivity index (χ2v) is 4.56. The summed E-state index contributed by atoms with van der Waals surface area (Å²) in [4.78, 5) is 24.1. The number of hydrogen-bond donors (Lipinski definition) is 2. The second-order valence-electron chi connectivity index (χ2n) is 4.56. The first-order chi connectivity index (χ1) is 9.60. The van der Waals surface area contributed by atoms with Gasteiger partial charge in [-0.3, -0.25) is 4.79 Å². The fourth-order valence-corrected chi connectivity index (χ4v) is 1.83. The zero-order valence-electron chi connectivity index (χ0n) is 12.2. The van der Waals surface area contributed by atoms with Crippen molar-refractivity contribution in [3.63, 3.8) is 0 Å². The fraction of sp³-hybridized carbons (Fsp3) is 0.467. The molecule has 1 aromatic carbocycles. The number of benzene rings is 1. The molecule has 0 heterocycles. The first kappa shape index (κ1) is 16.2. The fourth-order valence-electron chi connectivity index (χ4n) is 1.83. The molecule has 5 heteroatoms. The molecule has 0 radical (unpaired) electrons. The largest absolute Gasteiger partial charge is 0.464 e. The predicted octanol–water partition coefficient (Wildman–Crippen LogP) is 1.26. The minimum absolute atomic E-state index is 0.179. The highest BCUT2D eigenvalue weighted by Crippen LogP contribution is 2.15. The summed E-state index contributed by atoms with van der Waals surface area (Å²) >= 11 is 0. The van der Waals surface area contributed by atoms with Gasteiger partial charge in [0.15, 0.2) is 6.04 Å². The molecule has 1 rings (SSSR count). The quantitative estimate of drug-likeness (QED) is 0.737. The van der Waals surface area contributed by atoms with E-state index in [2.05, 4.69) is 10.6 Å². The summed E-state index contributed by atoms with van der Waals surface area (Å²) in [6.07, 6.45) is 0. The molecule has 5 nitrogen and oxygen atoms in total. The van der Waals surface area contributed by atoms with Gasteiger partial charge in [-0.2, -0.15) is 0 Å². The van der Waals surface area contributed by atoms with Gasteiger partial charge in [0.2, 0.25) is 5.91 Å². The van der Waals surface area contributed by atoms with Gasteiger partial charge in [-0.25, -0.2) is 4.79 Å². The first-order valence-electron chi connectivity index (χ1n) is 6.76. The molecule has 2 atom stereocenters.